The Balaban J connectivity index is 2.38. The Morgan fingerprint density at radius 3 is 2.71 bits per heavy atom. The van der Waals surface area contributed by atoms with Crippen molar-refractivity contribution in [1.29, 1.82) is 0 Å². The third-order valence-electron chi connectivity index (χ3n) is 2.90. The molecule has 0 bridgehead atoms. The molecule has 0 aliphatic carbocycles. The summed E-state index contributed by atoms with van der Waals surface area (Å²) >= 11 is 0. The Bertz CT molecular complexity index is 464. The molecule has 4 nitrogen and oxygen atoms in total. The van der Waals surface area contributed by atoms with Gasteiger partial charge in [0.25, 0.3) is 0 Å². The summed E-state index contributed by atoms with van der Waals surface area (Å²) in [5, 5.41) is 0. The number of anilines is 2. The van der Waals surface area contributed by atoms with Crippen molar-refractivity contribution in [3.05, 3.63) is 23.8 Å². The molecule has 0 saturated carbocycles. The van der Waals surface area contributed by atoms with E-state index in [1.54, 1.807) is 0 Å². The van der Waals surface area contributed by atoms with Crippen molar-refractivity contribution in [2.45, 2.75) is 6.42 Å². The summed E-state index contributed by atoms with van der Waals surface area (Å²) < 4.78 is 26.4. The lowest BCUT2D eigenvalue weighted by atomic mass is 10.1. The number of hydrogen-bond acceptors (Lipinski definition) is 3. The van der Waals surface area contributed by atoms with E-state index >= 15 is 0 Å². The van der Waals surface area contributed by atoms with Crippen LogP contribution in [-0.4, -0.2) is 19.0 Å². The molecule has 1 unspecified atom stereocenters. The van der Waals surface area contributed by atoms with Gasteiger partial charge in [-0.15, -0.1) is 0 Å². The number of nitrogens with zero attached hydrogens (tertiary/aromatic N) is 1. The van der Waals surface area contributed by atoms with Gasteiger partial charge in [-0.2, -0.15) is 0 Å². The Morgan fingerprint density at radius 2 is 2.12 bits per heavy atom. The van der Waals surface area contributed by atoms with Crippen LogP contribution in [0.2, 0.25) is 0 Å². The second-order valence-electron chi connectivity index (χ2n) is 4.13. The SMILES string of the molecule is NCC1CC(=O)N(c2cc(F)cc(F)c2N)C1. The molecule has 1 aromatic rings. The zero-order valence-electron chi connectivity index (χ0n) is 9.12. The maximum absolute atomic E-state index is 13.3. The first-order chi connectivity index (χ1) is 8.02. The molecule has 1 aromatic carbocycles. The number of halogens is 2. The molecule has 2 rings (SSSR count). The summed E-state index contributed by atoms with van der Waals surface area (Å²) in [4.78, 5) is 13.0. The molecule has 92 valence electrons. The van der Waals surface area contributed by atoms with Gasteiger partial charge in [0.05, 0.1) is 11.4 Å². The van der Waals surface area contributed by atoms with Crippen molar-refractivity contribution in [1.82, 2.24) is 0 Å². The quantitative estimate of drug-likeness (QED) is 0.754. The molecular weight excluding hydrogens is 228 g/mol. The summed E-state index contributed by atoms with van der Waals surface area (Å²) in [7, 11) is 0. The van der Waals surface area contributed by atoms with Crippen molar-refractivity contribution in [3.63, 3.8) is 0 Å². The van der Waals surface area contributed by atoms with E-state index in [0.717, 1.165) is 6.07 Å². The molecule has 0 aromatic heterocycles. The van der Waals surface area contributed by atoms with Crippen molar-refractivity contribution in [2.75, 3.05) is 23.7 Å². The monoisotopic (exact) mass is 241 g/mol. The van der Waals surface area contributed by atoms with Crippen LogP contribution in [-0.2, 0) is 4.79 Å². The van der Waals surface area contributed by atoms with Crippen molar-refractivity contribution < 1.29 is 13.6 Å². The summed E-state index contributed by atoms with van der Waals surface area (Å²) in [6.45, 7) is 0.711. The first kappa shape index (κ1) is 11.8. The minimum Gasteiger partial charge on any atom is -0.395 e. The largest absolute Gasteiger partial charge is 0.395 e. The van der Waals surface area contributed by atoms with E-state index in [9.17, 15) is 13.6 Å². The number of carbonyl (C=O) groups is 1. The molecule has 4 N–H and O–H groups in total. The fourth-order valence-corrected chi connectivity index (χ4v) is 1.97. The lowest BCUT2D eigenvalue weighted by Crippen LogP contribution is -2.27. The van der Waals surface area contributed by atoms with Crippen LogP contribution in [0, 0.1) is 17.6 Å². The van der Waals surface area contributed by atoms with Crippen LogP contribution in [0.15, 0.2) is 12.1 Å². The second-order valence-corrected chi connectivity index (χ2v) is 4.13. The van der Waals surface area contributed by atoms with Gasteiger partial charge in [0.2, 0.25) is 5.91 Å². The van der Waals surface area contributed by atoms with Crippen LogP contribution in [0.4, 0.5) is 20.2 Å². The number of amides is 1. The number of nitrogens with two attached hydrogens (primary N) is 2. The number of hydrogen-bond donors (Lipinski definition) is 2. The minimum absolute atomic E-state index is 0.00762. The predicted octanol–water partition coefficient (Wildman–Crippen LogP) is 0.859. The van der Waals surface area contributed by atoms with Gasteiger partial charge in [0.15, 0.2) is 5.82 Å². The molecular formula is C11H13F2N3O. The van der Waals surface area contributed by atoms with Gasteiger partial charge in [0, 0.05) is 19.0 Å². The molecule has 1 aliphatic rings. The summed E-state index contributed by atoms with van der Waals surface area (Å²) in [5.41, 5.74) is 10.9. The highest BCUT2D eigenvalue weighted by Crippen LogP contribution is 2.31. The highest BCUT2D eigenvalue weighted by atomic mass is 19.1. The molecule has 1 saturated heterocycles. The van der Waals surface area contributed by atoms with Gasteiger partial charge >= 0.3 is 0 Å². The van der Waals surface area contributed by atoms with E-state index in [1.165, 1.54) is 4.90 Å². The first-order valence-corrected chi connectivity index (χ1v) is 5.28. The Hall–Kier alpha value is -1.69. The van der Waals surface area contributed by atoms with E-state index in [-0.39, 0.29) is 29.6 Å². The van der Waals surface area contributed by atoms with E-state index in [0.29, 0.717) is 19.2 Å². The standard InChI is InChI=1S/C11H13F2N3O/c12-7-2-8(13)11(15)9(3-7)16-5-6(4-14)1-10(16)17/h2-3,6H,1,4-5,14-15H2. The predicted molar refractivity (Wildman–Crippen MR) is 60.3 cm³/mol. The summed E-state index contributed by atoms with van der Waals surface area (Å²) in [5.74, 6) is -1.81. The number of nitrogen functional groups attached to an aromatic ring is 1. The molecule has 0 radical (unpaired) electrons. The second kappa shape index (κ2) is 4.29. The normalized spacial score (nSPS) is 20.1. The van der Waals surface area contributed by atoms with Gasteiger partial charge in [0.1, 0.15) is 5.82 Å². The molecule has 1 atom stereocenters. The molecule has 1 fully saturated rings. The van der Waals surface area contributed by atoms with Crippen molar-refractivity contribution in [3.8, 4) is 0 Å². The number of rotatable bonds is 2. The average Bonchev–Trinajstić information content (AvgIpc) is 2.65. The minimum atomic E-state index is -0.857. The summed E-state index contributed by atoms with van der Waals surface area (Å²) in [6, 6.07) is 1.76. The molecule has 1 heterocycles. The zero-order valence-corrected chi connectivity index (χ0v) is 9.12. The fraction of sp³-hybridized carbons (Fsp3) is 0.364. The van der Waals surface area contributed by atoms with Crippen LogP contribution in [0.3, 0.4) is 0 Å². The number of carbonyl (C=O) groups excluding carboxylic acids is 1. The molecule has 0 spiro atoms. The third-order valence-corrected chi connectivity index (χ3v) is 2.90. The average molecular weight is 241 g/mol. The lowest BCUT2D eigenvalue weighted by Gasteiger charge is -2.19. The molecule has 17 heavy (non-hydrogen) atoms. The third kappa shape index (κ3) is 2.08. The van der Waals surface area contributed by atoms with Crippen LogP contribution >= 0.6 is 0 Å². The van der Waals surface area contributed by atoms with Crippen LogP contribution in [0.5, 0.6) is 0 Å². The van der Waals surface area contributed by atoms with E-state index < -0.39 is 11.6 Å². The first-order valence-electron chi connectivity index (χ1n) is 5.28. The van der Waals surface area contributed by atoms with Gasteiger partial charge in [-0.05, 0) is 18.5 Å². The van der Waals surface area contributed by atoms with E-state index in [2.05, 4.69) is 0 Å². The summed E-state index contributed by atoms with van der Waals surface area (Å²) in [6.07, 6.45) is 0.286. The number of benzene rings is 1. The molecule has 1 amide bonds. The van der Waals surface area contributed by atoms with E-state index in [1.807, 2.05) is 0 Å². The Labute approximate surface area is 97.2 Å². The van der Waals surface area contributed by atoms with Crippen molar-refractivity contribution in [2.24, 2.45) is 11.7 Å². The maximum Gasteiger partial charge on any atom is 0.227 e. The fourth-order valence-electron chi connectivity index (χ4n) is 1.97. The molecule has 1 aliphatic heterocycles. The van der Waals surface area contributed by atoms with Crippen LogP contribution in [0.1, 0.15) is 6.42 Å². The smallest absolute Gasteiger partial charge is 0.227 e. The van der Waals surface area contributed by atoms with Gasteiger partial charge in [-0.25, -0.2) is 8.78 Å². The zero-order chi connectivity index (χ0) is 12.6. The van der Waals surface area contributed by atoms with Gasteiger partial charge < -0.3 is 16.4 Å². The Kier molecular flexibility index (Phi) is 2.97. The highest BCUT2D eigenvalue weighted by molar-refractivity contribution is 5.98. The van der Waals surface area contributed by atoms with Gasteiger partial charge in [-0.1, -0.05) is 0 Å². The topological polar surface area (TPSA) is 72.4 Å². The maximum atomic E-state index is 13.3. The Morgan fingerprint density at radius 1 is 1.41 bits per heavy atom. The van der Waals surface area contributed by atoms with Crippen LogP contribution in [0.25, 0.3) is 0 Å². The van der Waals surface area contributed by atoms with Crippen molar-refractivity contribution >= 4 is 17.3 Å². The molecule has 6 heteroatoms. The van der Waals surface area contributed by atoms with Gasteiger partial charge in [-0.3, -0.25) is 4.79 Å². The van der Waals surface area contributed by atoms with E-state index in [4.69, 9.17) is 11.5 Å². The highest BCUT2D eigenvalue weighted by Gasteiger charge is 2.31. The van der Waals surface area contributed by atoms with Crippen LogP contribution < -0.4 is 16.4 Å². The lowest BCUT2D eigenvalue weighted by molar-refractivity contribution is -0.117.